The first-order valence-corrected chi connectivity index (χ1v) is 8.13. The van der Waals surface area contributed by atoms with Crippen LogP contribution >= 0.6 is 24.0 Å². The van der Waals surface area contributed by atoms with Gasteiger partial charge in [0, 0.05) is 19.6 Å². The van der Waals surface area contributed by atoms with Gasteiger partial charge in [0.25, 0.3) is 0 Å². The van der Waals surface area contributed by atoms with Gasteiger partial charge in [-0.3, -0.25) is 4.79 Å². The summed E-state index contributed by atoms with van der Waals surface area (Å²) in [5, 5.41) is 7.01. The Labute approximate surface area is 159 Å². The molecule has 8 nitrogen and oxygen atoms in total. The lowest BCUT2D eigenvalue weighted by atomic mass is 9.98. The van der Waals surface area contributed by atoms with Crippen molar-refractivity contribution in [3.8, 4) is 0 Å². The van der Waals surface area contributed by atoms with Crippen molar-refractivity contribution in [3.05, 3.63) is 11.7 Å². The number of carbonyl (C=O) groups is 1. The quantitative estimate of drug-likeness (QED) is 0.316. The molecule has 1 aromatic heterocycles. The van der Waals surface area contributed by atoms with Crippen molar-refractivity contribution in [2.45, 2.75) is 40.2 Å². The second-order valence-corrected chi connectivity index (χ2v) is 5.44. The molecule has 2 heterocycles. The van der Waals surface area contributed by atoms with Crippen LogP contribution in [0.5, 0.6) is 0 Å². The van der Waals surface area contributed by atoms with Gasteiger partial charge in [-0.25, -0.2) is 4.99 Å². The molecule has 1 atom stereocenters. The number of aryl methyl sites for hydroxylation is 1. The number of hydrogen-bond donors (Lipinski definition) is 1. The summed E-state index contributed by atoms with van der Waals surface area (Å²) >= 11 is 0. The number of guanidine groups is 1. The lowest BCUT2D eigenvalue weighted by molar-refractivity contribution is -0.149. The Kier molecular flexibility index (Phi) is 9.01. The summed E-state index contributed by atoms with van der Waals surface area (Å²) in [6.45, 7) is 8.59. The molecule has 1 aliphatic rings. The summed E-state index contributed by atoms with van der Waals surface area (Å²) in [4.78, 5) is 22.8. The molecule has 1 fully saturated rings. The van der Waals surface area contributed by atoms with Crippen LogP contribution in [0.2, 0.25) is 0 Å². The normalized spacial score (nSPS) is 18.0. The fourth-order valence-electron chi connectivity index (χ4n) is 2.59. The zero-order valence-corrected chi connectivity index (χ0v) is 16.8. The van der Waals surface area contributed by atoms with Crippen LogP contribution in [0, 0.1) is 12.8 Å². The summed E-state index contributed by atoms with van der Waals surface area (Å²) < 4.78 is 10.2. The van der Waals surface area contributed by atoms with Gasteiger partial charge in [0.2, 0.25) is 5.89 Å². The Morgan fingerprint density at radius 1 is 1.50 bits per heavy atom. The minimum atomic E-state index is -0.124. The monoisotopic (exact) mass is 451 g/mol. The molecule has 9 heteroatoms. The SMILES string of the molecule is CCNC(=NCc1nc(C)no1)N1CCCC(C(=O)OCC)C1.I. The smallest absolute Gasteiger partial charge is 0.310 e. The number of rotatable bonds is 5. The van der Waals surface area contributed by atoms with Crippen LogP contribution in [0.3, 0.4) is 0 Å². The number of nitrogens with one attached hydrogen (secondary N) is 1. The molecule has 0 bridgehead atoms. The molecular formula is C15H26IN5O3. The van der Waals surface area contributed by atoms with E-state index >= 15 is 0 Å². The van der Waals surface area contributed by atoms with Gasteiger partial charge in [-0.05, 0) is 33.6 Å². The van der Waals surface area contributed by atoms with E-state index in [1.54, 1.807) is 6.92 Å². The molecule has 24 heavy (non-hydrogen) atoms. The maximum Gasteiger partial charge on any atom is 0.310 e. The third-order valence-electron chi connectivity index (χ3n) is 3.61. The van der Waals surface area contributed by atoms with E-state index in [1.807, 2.05) is 13.8 Å². The van der Waals surface area contributed by atoms with Crippen molar-refractivity contribution in [2.75, 3.05) is 26.2 Å². The first-order valence-electron chi connectivity index (χ1n) is 8.13. The number of carbonyl (C=O) groups excluding carboxylic acids is 1. The van der Waals surface area contributed by atoms with Gasteiger partial charge in [0.15, 0.2) is 11.8 Å². The summed E-state index contributed by atoms with van der Waals surface area (Å²) in [6, 6.07) is 0. The molecule has 0 radical (unpaired) electrons. The number of halogens is 1. The molecule has 1 saturated heterocycles. The highest BCUT2D eigenvalue weighted by atomic mass is 127. The van der Waals surface area contributed by atoms with Crippen molar-refractivity contribution in [1.29, 1.82) is 0 Å². The highest BCUT2D eigenvalue weighted by molar-refractivity contribution is 14.0. The molecule has 1 aromatic rings. The van der Waals surface area contributed by atoms with E-state index in [-0.39, 0.29) is 35.9 Å². The average Bonchev–Trinajstić information content (AvgIpc) is 2.97. The second kappa shape index (κ2) is 10.5. The van der Waals surface area contributed by atoms with E-state index in [9.17, 15) is 4.79 Å². The van der Waals surface area contributed by atoms with Crippen LogP contribution in [0.15, 0.2) is 9.52 Å². The predicted molar refractivity (Wildman–Crippen MR) is 100 cm³/mol. The molecule has 1 unspecified atom stereocenters. The zero-order chi connectivity index (χ0) is 16.7. The number of aromatic nitrogens is 2. The van der Waals surface area contributed by atoms with Crippen LogP contribution < -0.4 is 5.32 Å². The van der Waals surface area contributed by atoms with E-state index in [1.165, 1.54) is 0 Å². The van der Waals surface area contributed by atoms with Gasteiger partial charge in [0.1, 0.15) is 6.54 Å². The van der Waals surface area contributed by atoms with Gasteiger partial charge in [0.05, 0.1) is 12.5 Å². The van der Waals surface area contributed by atoms with Crippen LogP contribution in [-0.4, -0.2) is 53.2 Å². The number of aliphatic imine (C=N–C) groups is 1. The van der Waals surface area contributed by atoms with Gasteiger partial charge < -0.3 is 19.5 Å². The maximum atomic E-state index is 12.0. The second-order valence-electron chi connectivity index (χ2n) is 5.44. The Balaban J connectivity index is 0.00000288. The van der Waals surface area contributed by atoms with E-state index < -0.39 is 0 Å². The third-order valence-corrected chi connectivity index (χ3v) is 3.61. The fraction of sp³-hybridized carbons (Fsp3) is 0.733. The van der Waals surface area contributed by atoms with Gasteiger partial charge >= 0.3 is 5.97 Å². The topological polar surface area (TPSA) is 92.9 Å². The molecule has 0 spiro atoms. The Morgan fingerprint density at radius 2 is 2.29 bits per heavy atom. The molecular weight excluding hydrogens is 425 g/mol. The van der Waals surface area contributed by atoms with Crippen LogP contribution in [0.4, 0.5) is 0 Å². The van der Waals surface area contributed by atoms with Crippen molar-refractivity contribution < 1.29 is 14.1 Å². The number of ether oxygens (including phenoxy) is 1. The van der Waals surface area contributed by atoms with Gasteiger partial charge in [-0.1, -0.05) is 5.16 Å². The zero-order valence-electron chi connectivity index (χ0n) is 14.4. The molecule has 0 saturated carbocycles. The number of hydrogen-bond acceptors (Lipinski definition) is 6. The van der Waals surface area contributed by atoms with E-state index in [0.717, 1.165) is 31.9 Å². The molecule has 0 aromatic carbocycles. The summed E-state index contributed by atoms with van der Waals surface area (Å²) in [6.07, 6.45) is 1.80. The van der Waals surface area contributed by atoms with Crippen LogP contribution in [0.25, 0.3) is 0 Å². The van der Waals surface area contributed by atoms with Crippen LogP contribution in [-0.2, 0) is 16.1 Å². The Bertz CT molecular complexity index is 549. The lowest BCUT2D eigenvalue weighted by Crippen LogP contribution is -2.48. The van der Waals surface area contributed by atoms with E-state index in [4.69, 9.17) is 9.26 Å². The standard InChI is InChI=1S/C15H25N5O3.HI/c1-4-16-15(17-9-13-18-11(3)19-23-13)20-8-6-7-12(10-20)14(21)22-5-2;/h12H,4-10H2,1-3H3,(H,16,17);1H. The Morgan fingerprint density at radius 3 is 2.92 bits per heavy atom. The highest BCUT2D eigenvalue weighted by Crippen LogP contribution is 2.18. The van der Waals surface area contributed by atoms with Gasteiger partial charge in [-0.2, -0.15) is 4.98 Å². The lowest BCUT2D eigenvalue weighted by Gasteiger charge is -2.33. The van der Waals surface area contributed by atoms with Crippen molar-refractivity contribution in [3.63, 3.8) is 0 Å². The minimum absolute atomic E-state index is 0. The van der Waals surface area contributed by atoms with E-state index in [2.05, 4.69) is 25.3 Å². The number of esters is 1. The number of piperidine rings is 1. The molecule has 2 rings (SSSR count). The van der Waals surface area contributed by atoms with Gasteiger partial charge in [-0.15, -0.1) is 24.0 Å². The average molecular weight is 451 g/mol. The van der Waals surface area contributed by atoms with Crippen molar-refractivity contribution in [2.24, 2.45) is 10.9 Å². The van der Waals surface area contributed by atoms with E-state index in [0.29, 0.717) is 31.4 Å². The number of nitrogens with zero attached hydrogens (tertiary/aromatic N) is 4. The summed E-state index contributed by atoms with van der Waals surface area (Å²) in [7, 11) is 0. The first-order chi connectivity index (χ1) is 11.1. The maximum absolute atomic E-state index is 12.0. The molecule has 0 amide bonds. The molecule has 0 aliphatic carbocycles. The fourth-order valence-corrected chi connectivity index (χ4v) is 2.59. The predicted octanol–water partition coefficient (Wildman–Crippen LogP) is 1.74. The van der Waals surface area contributed by atoms with Crippen molar-refractivity contribution >= 4 is 35.9 Å². The van der Waals surface area contributed by atoms with Crippen molar-refractivity contribution in [1.82, 2.24) is 20.4 Å². The highest BCUT2D eigenvalue weighted by Gasteiger charge is 2.28. The minimum Gasteiger partial charge on any atom is -0.466 e. The Hall–Kier alpha value is -1.39. The van der Waals surface area contributed by atoms with Crippen LogP contribution in [0.1, 0.15) is 38.4 Å². The molecule has 1 aliphatic heterocycles. The number of likely N-dealkylation sites (tertiary alicyclic amines) is 1. The summed E-state index contributed by atoms with van der Waals surface area (Å²) in [5.74, 6) is 1.62. The summed E-state index contributed by atoms with van der Waals surface area (Å²) in [5.41, 5.74) is 0. The molecule has 136 valence electrons. The molecule has 1 N–H and O–H groups in total. The first kappa shape index (κ1) is 20.7. The largest absolute Gasteiger partial charge is 0.466 e. The third kappa shape index (κ3) is 5.91.